The predicted octanol–water partition coefficient (Wildman–Crippen LogP) is 3.43. The van der Waals surface area contributed by atoms with E-state index in [0.29, 0.717) is 30.3 Å². The van der Waals surface area contributed by atoms with Crippen LogP contribution in [0.2, 0.25) is 5.02 Å². The average Bonchev–Trinajstić information content (AvgIpc) is 2.61. The van der Waals surface area contributed by atoms with Crippen molar-refractivity contribution in [2.24, 2.45) is 0 Å². The van der Waals surface area contributed by atoms with Crippen molar-refractivity contribution >= 4 is 11.6 Å². The molecule has 3 rings (SSSR count). The summed E-state index contributed by atoms with van der Waals surface area (Å²) in [4.78, 5) is 6.55. The summed E-state index contributed by atoms with van der Waals surface area (Å²) in [5.74, 6) is -0.267. The normalized spacial score (nSPS) is 19.7. The second-order valence-corrected chi connectivity index (χ2v) is 6.69. The molecule has 1 N–H and O–H groups in total. The smallest absolute Gasteiger partial charge is 0.129 e. The predicted molar refractivity (Wildman–Crippen MR) is 97.1 cm³/mol. The highest BCUT2D eigenvalue weighted by Gasteiger charge is 2.28. The van der Waals surface area contributed by atoms with Gasteiger partial charge in [0.25, 0.3) is 0 Å². The largest absolute Gasteiger partial charge is 0.376 e. The van der Waals surface area contributed by atoms with Gasteiger partial charge in [0.05, 0.1) is 24.4 Å². The van der Waals surface area contributed by atoms with Crippen LogP contribution < -0.4 is 5.32 Å². The van der Waals surface area contributed by atoms with Gasteiger partial charge in [-0.25, -0.2) is 4.39 Å². The first-order chi connectivity index (χ1) is 12.1. The Hall–Kier alpha value is -1.53. The molecule has 2 atom stereocenters. The number of benzene rings is 1. The number of halogens is 2. The summed E-state index contributed by atoms with van der Waals surface area (Å²) < 4.78 is 20.1. The fourth-order valence-corrected chi connectivity index (χ4v) is 3.50. The monoisotopic (exact) mass is 363 g/mol. The summed E-state index contributed by atoms with van der Waals surface area (Å²) in [7, 11) is 0. The zero-order valence-electron chi connectivity index (χ0n) is 14.3. The number of nitrogens with one attached hydrogen (secondary N) is 1. The van der Waals surface area contributed by atoms with E-state index < -0.39 is 0 Å². The van der Waals surface area contributed by atoms with E-state index in [1.807, 2.05) is 25.1 Å². The molecule has 1 aliphatic heterocycles. The third kappa shape index (κ3) is 4.76. The molecule has 6 heteroatoms. The van der Waals surface area contributed by atoms with E-state index in [-0.39, 0.29) is 18.0 Å². The molecule has 1 aromatic heterocycles. The van der Waals surface area contributed by atoms with Crippen LogP contribution in [0.5, 0.6) is 0 Å². The van der Waals surface area contributed by atoms with Crippen molar-refractivity contribution in [1.82, 2.24) is 15.2 Å². The quantitative estimate of drug-likeness (QED) is 0.853. The van der Waals surface area contributed by atoms with Gasteiger partial charge in [-0.15, -0.1) is 0 Å². The molecule has 1 saturated heterocycles. The molecule has 134 valence electrons. The molecule has 2 aromatic rings. The van der Waals surface area contributed by atoms with E-state index >= 15 is 0 Å². The van der Waals surface area contributed by atoms with Crippen molar-refractivity contribution < 1.29 is 9.13 Å². The van der Waals surface area contributed by atoms with E-state index in [0.717, 1.165) is 18.8 Å². The van der Waals surface area contributed by atoms with Crippen LogP contribution in [-0.4, -0.2) is 42.2 Å². The minimum absolute atomic E-state index is 0.123. The number of nitrogens with zero attached hydrogens (tertiary/aromatic N) is 2. The standard InChI is InChI=1S/C19H23ClFN3O/c1-14-13-24(9-10-25-14)18(19-16(20)6-4-7-17(19)21)12-22-11-15-5-2-3-8-23-15/h2-8,14,18,22H,9-13H2,1H3. The van der Waals surface area contributed by atoms with Crippen molar-refractivity contribution in [3.63, 3.8) is 0 Å². The molecular weight excluding hydrogens is 341 g/mol. The van der Waals surface area contributed by atoms with Gasteiger partial charge in [-0.1, -0.05) is 23.7 Å². The summed E-state index contributed by atoms with van der Waals surface area (Å²) in [6, 6.07) is 10.5. The van der Waals surface area contributed by atoms with Gasteiger partial charge in [0.15, 0.2) is 0 Å². The molecule has 0 aliphatic carbocycles. The summed E-state index contributed by atoms with van der Waals surface area (Å²) in [5, 5.41) is 3.86. The lowest BCUT2D eigenvalue weighted by atomic mass is 10.0. The molecule has 2 unspecified atom stereocenters. The maximum atomic E-state index is 14.5. The van der Waals surface area contributed by atoms with Crippen LogP contribution in [0.3, 0.4) is 0 Å². The zero-order valence-corrected chi connectivity index (χ0v) is 15.0. The molecule has 25 heavy (non-hydrogen) atoms. The Morgan fingerprint density at radius 1 is 1.36 bits per heavy atom. The van der Waals surface area contributed by atoms with Crippen LogP contribution in [0.4, 0.5) is 4.39 Å². The first kappa shape index (κ1) is 18.3. The lowest BCUT2D eigenvalue weighted by Crippen LogP contribution is -2.46. The Morgan fingerprint density at radius 3 is 2.96 bits per heavy atom. The molecule has 4 nitrogen and oxygen atoms in total. The summed E-state index contributed by atoms with van der Waals surface area (Å²) >= 11 is 6.34. The van der Waals surface area contributed by atoms with Gasteiger partial charge in [-0.2, -0.15) is 0 Å². The Balaban J connectivity index is 1.76. The highest BCUT2D eigenvalue weighted by Crippen LogP contribution is 2.31. The van der Waals surface area contributed by atoms with E-state index in [9.17, 15) is 4.39 Å². The summed E-state index contributed by atoms with van der Waals surface area (Å²) in [6.45, 7) is 5.40. The maximum absolute atomic E-state index is 14.5. The van der Waals surface area contributed by atoms with Crippen molar-refractivity contribution in [2.45, 2.75) is 25.6 Å². The fourth-order valence-electron chi connectivity index (χ4n) is 3.21. The first-order valence-corrected chi connectivity index (χ1v) is 8.93. The molecule has 0 amide bonds. The van der Waals surface area contributed by atoms with Crippen molar-refractivity contribution in [3.8, 4) is 0 Å². The zero-order chi connectivity index (χ0) is 17.6. The second kappa shape index (κ2) is 8.72. The van der Waals surface area contributed by atoms with E-state index in [1.165, 1.54) is 6.07 Å². The average molecular weight is 364 g/mol. The van der Waals surface area contributed by atoms with E-state index in [2.05, 4.69) is 15.2 Å². The molecule has 0 saturated carbocycles. The Bertz CT molecular complexity index is 665. The van der Waals surface area contributed by atoms with Crippen LogP contribution >= 0.6 is 11.6 Å². The van der Waals surface area contributed by atoms with Gasteiger partial charge in [-0.05, 0) is 31.2 Å². The van der Waals surface area contributed by atoms with Crippen LogP contribution in [0.1, 0.15) is 24.2 Å². The number of hydrogen-bond donors (Lipinski definition) is 1. The first-order valence-electron chi connectivity index (χ1n) is 8.55. The van der Waals surface area contributed by atoms with E-state index in [1.54, 1.807) is 18.3 Å². The number of ether oxygens (including phenoxy) is 1. The number of aromatic nitrogens is 1. The van der Waals surface area contributed by atoms with Crippen LogP contribution in [0.15, 0.2) is 42.6 Å². The highest BCUT2D eigenvalue weighted by molar-refractivity contribution is 6.31. The summed E-state index contributed by atoms with van der Waals surface area (Å²) in [6.07, 6.45) is 1.89. The topological polar surface area (TPSA) is 37.4 Å². The van der Waals surface area contributed by atoms with Gasteiger partial charge in [0.2, 0.25) is 0 Å². The Labute approximate surface area is 153 Å². The molecule has 0 spiro atoms. The van der Waals surface area contributed by atoms with Gasteiger partial charge in [0, 0.05) is 43.0 Å². The van der Waals surface area contributed by atoms with Crippen LogP contribution in [-0.2, 0) is 11.3 Å². The number of morpholine rings is 1. The van der Waals surface area contributed by atoms with Gasteiger partial charge < -0.3 is 10.1 Å². The molecular formula is C19H23ClFN3O. The molecule has 2 heterocycles. The lowest BCUT2D eigenvalue weighted by Gasteiger charge is -2.38. The number of rotatable bonds is 6. The van der Waals surface area contributed by atoms with Gasteiger partial charge in [0.1, 0.15) is 5.82 Å². The van der Waals surface area contributed by atoms with Crippen molar-refractivity contribution in [1.29, 1.82) is 0 Å². The van der Waals surface area contributed by atoms with Gasteiger partial charge in [-0.3, -0.25) is 9.88 Å². The van der Waals surface area contributed by atoms with E-state index in [4.69, 9.17) is 16.3 Å². The second-order valence-electron chi connectivity index (χ2n) is 6.28. The fraction of sp³-hybridized carbons (Fsp3) is 0.421. The molecule has 1 aliphatic rings. The summed E-state index contributed by atoms with van der Waals surface area (Å²) in [5.41, 5.74) is 1.50. The van der Waals surface area contributed by atoms with Crippen LogP contribution in [0, 0.1) is 5.82 Å². The van der Waals surface area contributed by atoms with Gasteiger partial charge >= 0.3 is 0 Å². The Morgan fingerprint density at radius 2 is 2.24 bits per heavy atom. The lowest BCUT2D eigenvalue weighted by molar-refractivity contribution is -0.0349. The molecule has 0 bridgehead atoms. The molecule has 1 fully saturated rings. The Kier molecular flexibility index (Phi) is 6.37. The third-order valence-electron chi connectivity index (χ3n) is 4.42. The number of pyridine rings is 1. The highest BCUT2D eigenvalue weighted by atomic mass is 35.5. The number of hydrogen-bond acceptors (Lipinski definition) is 4. The minimum Gasteiger partial charge on any atom is -0.376 e. The third-order valence-corrected chi connectivity index (χ3v) is 4.75. The SMILES string of the molecule is CC1CN(C(CNCc2ccccn2)c2c(F)cccc2Cl)CCO1. The van der Waals surface area contributed by atoms with Crippen molar-refractivity contribution in [2.75, 3.05) is 26.2 Å². The molecule has 0 radical (unpaired) electrons. The maximum Gasteiger partial charge on any atom is 0.129 e. The minimum atomic E-state index is -0.267. The molecule has 1 aromatic carbocycles. The van der Waals surface area contributed by atoms with Crippen molar-refractivity contribution in [3.05, 3.63) is 64.7 Å². The van der Waals surface area contributed by atoms with Crippen LogP contribution in [0.25, 0.3) is 0 Å².